The Hall–Kier alpha value is -0.820. The average molecular weight is 206 g/mol. The van der Waals surface area contributed by atoms with Gasteiger partial charge in [0.05, 0.1) is 12.2 Å². The average Bonchev–Trinajstić information content (AvgIpc) is 2.16. The molecule has 0 heterocycles. The van der Waals surface area contributed by atoms with Gasteiger partial charge < -0.3 is 4.74 Å². The number of benzene rings is 1. The van der Waals surface area contributed by atoms with E-state index in [0.29, 0.717) is 5.92 Å². The van der Waals surface area contributed by atoms with E-state index in [-0.39, 0.29) is 12.2 Å². The second-order valence-corrected chi connectivity index (χ2v) is 4.61. The summed E-state index contributed by atoms with van der Waals surface area (Å²) in [5, 5.41) is 0. The Balaban J connectivity index is 2.92. The van der Waals surface area contributed by atoms with Crippen LogP contribution in [-0.2, 0) is 4.74 Å². The lowest BCUT2D eigenvalue weighted by Gasteiger charge is -2.21. The number of rotatable bonds is 4. The maximum atomic E-state index is 5.83. The SMILES string of the molecule is CC(C)OC(C)c1ccccc1C(C)C. The van der Waals surface area contributed by atoms with Crippen molar-refractivity contribution in [1.82, 2.24) is 0 Å². The standard InChI is InChI=1S/C14H22O/c1-10(2)13-8-6-7-9-14(13)12(5)15-11(3)4/h6-12H,1-5H3. The highest BCUT2D eigenvalue weighted by molar-refractivity contribution is 5.31. The van der Waals surface area contributed by atoms with Crippen LogP contribution in [0.2, 0.25) is 0 Å². The van der Waals surface area contributed by atoms with Crippen LogP contribution in [0.5, 0.6) is 0 Å². The van der Waals surface area contributed by atoms with E-state index in [1.54, 1.807) is 0 Å². The van der Waals surface area contributed by atoms with Crippen molar-refractivity contribution in [3.8, 4) is 0 Å². The molecular formula is C14H22O. The molecule has 1 aromatic carbocycles. The van der Waals surface area contributed by atoms with Gasteiger partial charge in [0.1, 0.15) is 0 Å². The molecule has 0 fully saturated rings. The van der Waals surface area contributed by atoms with E-state index in [1.807, 2.05) is 0 Å². The second-order valence-electron chi connectivity index (χ2n) is 4.61. The van der Waals surface area contributed by atoms with Crippen LogP contribution in [0.1, 0.15) is 57.8 Å². The fourth-order valence-corrected chi connectivity index (χ4v) is 1.89. The quantitative estimate of drug-likeness (QED) is 0.714. The summed E-state index contributed by atoms with van der Waals surface area (Å²) in [5.74, 6) is 0.555. The van der Waals surface area contributed by atoms with Gasteiger partial charge in [0.2, 0.25) is 0 Å². The van der Waals surface area contributed by atoms with Crippen molar-refractivity contribution < 1.29 is 4.74 Å². The highest BCUT2D eigenvalue weighted by atomic mass is 16.5. The molecule has 0 aliphatic heterocycles. The molecule has 1 atom stereocenters. The van der Waals surface area contributed by atoms with Crippen LogP contribution in [0.15, 0.2) is 24.3 Å². The molecule has 1 rings (SSSR count). The van der Waals surface area contributed by atoms with Crippen molar-refractivity contribution in [2.24, 2.45) is 0 Å². The third-order valence-corrected chi connectivity index (χ3v) is 2.53. The molecule has 0 amide bonds. The monoisotopic (exact) mass is 206 g/mol. The van der Waals surface area contributed by atoms with Gasteiger partial charge in [0.15, 0.2) is 0 Å². The molecule has 0 aliphatic carbocycles. The predicted molar refractivity (Wildman–Crippen MR) is 65.2 cm³/mol. The van der Waals surface area contributed by atoms with E-state index in [9.17, 15) is 0 Å². The molecule has 0 aromatic heterocycles. The van der Waals surface area contributed by atoms with E-state index in [0.717, 1.165) is 0 Å². The van der Waals surface area contributed by atoms with Gasteiger partial charge in [-0.2, -0.15) is 0 Å². The van der Waals surface area contributed by atoms with Crippen LogP contribution in [0, 0.1) is 0 Å². The molecule has 1 aromatic rings. The van der Waals surface area contributed by atoms with Crippen molar-refractivity contribution >= 4 is 0 Å². The molecule has 0 radical (unpaired) electrons. The predicted octanol–water partition coefficient (Wildman–Crippen LogP) is 4.30. The molecule has 1 nitrogen and oxygen atoms in total. The van der Waals surface area contributed by atoms with Crippen LogP contribution in [0.25, 0.3) is 0 Å². The van der Waals surface area contributed by atoms with Gasteiger partial charge in [-0.05, 0) is 37.8 Å². The van der Waals surface area contributed by atoms with E-state index >= 15 is 0 Å². The molecular weight excluding hydrogens is 184 g/mol. The lowest BCUT2D eigenvalue weighted by Crippen LogP contribution is -2.10. The molecule has 0 saturated heterocycles. The van der Waals surface area contributed by atoms with E-state index in [1.165, 1.54) is 11.1 Å². The van der Waals surface area contributed by atoms with Crippen molar-refractivity contribution in [2.75, 3.05) is 0 Å². The first-order chi connectivity index (χ1) is 7.02. The van der Waals surface area contributed by atoms with Gasteiger partial charge >= 0.3 is 0 Å². The number of hydrogen-bond acceptors (Lipinski definition) is 1. The lowest BCUT2D eigenvalue weighted by molar-refractivity contribution is 0.0172. The molecule has 0 saturated carbocycles. The molecule has 0 bridgehead atoms. The van der Waals surface area contributed by atoms with Crippen LogP contribution < -0.4 is 0 Å². The summed E-state index contributed by atoms with van der Waals surface area (Å²) in [6.45, 7) is 10.7. The molecule has 0 aliphatic rings. The normalized spacial score (nSPS) is 13.5. The van der Waals surface area contributed by atoms with E-state index in [2.05, 4.69) is 58.9 Å². The topological polar surface area (TPSA) is 9.23 Å². The summed E-state index contributed by atoms with van der Waals surface area (Å²) < 4.78 is 5.83. The van der Waals surface area contributed by atoms with Crippen LogP contribution >= 0.6 is 0 Å². The van der Waals surface area contributed by atoms with Gasteiger partial charge in [0, 0.05) is 0 Å². The molecule has 0 spiro atoms. The summed E-state index contributed by atoms with van der Waals surface area (Å²) in [5.41, 5.74) is 2.71. The first-order valence-corrected chi connectivity index (χ1v) is 5.76. The summed E-state index contributed by atoms with van der Waals surface area (Å²) in [7, 11) is 0. The largest absolute Gasteiger partial charge is 0.371 e. The Labute approximate surface area is 93.5 Å². The number of ether oxygens (including phenoxy) is 1. The molecule has 0 N–H and O–H groups in total. The first kappa shape index (κ1) is 12.3. The van der Waals surface area contributed by atoms with Gasteiger partial charge in [0.25, 0.3) is 0 Å². The molecule has 84 valence electrons. The molecule has 15 heavy (non-hydrogen) atoms. The second kappa shape index (κ2) is 5.32. The Kier molecular flexibility index (Phi) is 4.34. The van der Waals surface area contributed by atoms with Crippen molar-refractivity contribution in [2.45, 2.75) is 52.7 Å². The fourth-order valence-electron chi connectivity index (χ4n) is 1.89. The molecule has 1 heteroatoms. The van der Waals surface area contributed by atoms with Crippen molar-refractivity contribution in [3.05, 3.63) is 35.4 Å². The van der Waals surface area contributed by atoms with Crippen molar-refractivity contribution in [1.29, 1.82) is 0 Å². The van der Waals surface area contributed by atoms with Gasteiger partial charge in [-0.25, -0.2) is 0 Å². The lowest BCUT2D eigenvalue weighted by atomic mass is 9.94. The van der Waals surface area contributed by atoms with Crippen LogP contribution in [0.4, 0.5) is 0 Å². The van der Waals surface area contributed by atoms with Gasteiger partial charge in [-0.3, -0.25) is 0 Å². The zero-order chi connectivity index (χ0) is 11.4. The fraction of sp³-hybridized carbons (Fsp3) is 0.571. The van der Waals surface area contributed by atoms with E-state index < -0.39 is 0 Å². The minimum Gasteiger partial charge on any atom is -0.371 e. The highest BCUT2D eigenvalue weighted by Gasteiger charge is 2.13. The Bertz CT molecular complexity index is 302. The van der Waals surface area contributed by atoms with Gasteiger partial charge in [-0.1, -0.05) is 38.1 Å². The third-order valence-electron chi connectivity index (χ3n) is 2.53. The maximum absolute atomic E-state index is 5.83. The van der Waals surface area contributed by atoms with E-state index in [4.69, 9.17) is 4.74 Å². The smallest absolute Gasteiger partial charge is 0.0803 e. The summed E-state index contributed by atoms with van der Waals surface area (Å²) in [4.78, 5) is 0. The Morgan fingerprint density at radius 3 is 1.87 bits per heavy atom. The minimum absolute atomic E-state index is 0.184. The highest BCUT2D eigenvalue weighted by Crippen LogP contribution is 2.27. The Morgan fingerprint density at radius 2 is 1.40 bits per heavy atom. The summed E-state index contributed by atoms with van der Waals surface area (Å²) in [6, 6.07) is 8.55. The minimum atomic E-state index is 0.184. The third kappa shape index (κ3) is 3.35. The van der Waals surface area contributed by atoms with Crippen molar-refractivity contribution in [3.63, 3.8) is 0 Å². The summed E-state index contributed by atoms with van der Waals surface area (Å²) in [6.07, 6.45) is 0.462. The first-order valence-electron chi connectivity index (χ1n) is 5.76. The van der Waals surface area contributed by atoms with Crippen LogP contribution in [0.3, 0.4) is 0 Å². The number of hydrogen-bond donors (Lipinski definition) is 0. The van der Waals surface area contributed by atoms with Crippen LogP contribution in [-0.4, -0.2) is 6.10 Å². The summed E-state index contributed by atoms with van der Waals surface area (Å²) >= 11 is 0. The maximum Gasteiger partial charge on any atom is 0.0803 e. The van der Waals surface area contributed by atoms with Gasteiger partial charge in [-0.15, -0.1) is 0 Å². The molecule has 1 unspecified atom stereocenters. The zero-order valence-electron chi connectivity index (χ0n) is 10.4. The zero-order valence-corrected chi connectivity index (χ0v) is 10.4. The Morgan fingerprint density at radius 1 is 0.867 bits per heavy atom.